The molecule has 2 heterocycles. The zero-order valence-electron chi connectivity index (χ0n) is 13.9. The lowest BCUT2D eigenvalue weighted by Gasteiger charge is -2.10. The Bertz CT molecular complexity index is 959. The highest BCUT2D eigenvalue weighted by atomic mass is 16.7. The second-order valence-corrected chi connectivity index (χ2v) is 5.59. The van der Waals surface area contributed by atoms with Gasteiger partial charge in [-0.25, -0.2) is 0 Å². The Hall–Kier alpha value is -3.35. The number of nitrogens with zero attached hydrogens (tertiary/aromatic N) is 2. The summed E-state index contributed by atoms with van der Waals surface area (Å²) in [6.07, 6.45) is 1.47. The molecule has 25 heavy (non-hydrogen) atoms. The number of benzene rings is 1. The summed E-state index contributed by atoms with van der Waals surface area (Å²) in [5.41, 5.74) is 1.43. The van der Waals surface area contributed by atoms with Crippen molar-refractivity contribution < 1.29 is 14.2 Å². The minimum absolute atomic E-state index is 0.0487. The molecule has 1 aromatic carbocycles. The Kier molecular flexibility index (Phi) is 4.65. The van der Waals surface area contributed by atoms with E-state index < -0.39 is 11.5 Å². The highest BCUT2D eigenvalue weighted by Crippen LogP contribution is 2.08. The van der Waals surface area contributed by atoms with Gasteiger partial charge in [-0.1, -0.05) is 35.0 Å². The van der Waals surface area contributed by atoms with Gasteiger partial charge in [-0.15, -0.1) is 0 Å². The van der Waals surface area contributed by atoms with Crippen LogP contribution in [0.1, 0.15) is 27.2 Å². The van der Waals surface area contributed by atoms with Crippen LogP contribution in [-0.4, -0.2) is 15.8 Å². The van der Waals surface area contributed by atoms with Gasteiger partial charge in [-0.3, -0.25) is 9.59 Å². The normalized spacial score (nSPS) is 10.5. The van der Waals surface area contributed by atoms with Crippen LogP contribution in [0.5, 0.6) is 0 Å². The van der Waals surface area contributed by atoms with E-state index in [1.165, 1.54) is 12.3 Å². The van der Waals surface area contributed by atoms with E-state index in [1.807, 2.05) is 31.2 Å². The van der Waals surface area contributed by atoms with Crippen LogP contribution in [0.25, 0.3) is 0 Å². The number of anilines is 1. The predicted molar refractivity (Wildman–Crippen MR) is 91.4 cm³/mol. The zero-order valence-corrected chi connectivity index (χ0v) is 13.9. The SMILES string of the molecule is Cc1cccc(COn2cccc(C(=O)Nc3cc(C)on3)c2=O)c1. The molecule has 0 atom stereocenters. The Morgan fingerprint density at radius 3 is 2.80 bits per heavy atom. The van der Waals surface area contributed by atoms with Crippen LogP contribution in [0.3, 0.4) is 0 Å². The van der Waals surface area contributed by atoms with Gasteiger partial charge in [0.25, 0.3) is 11.5 Å². The Balaban J connectivity index is 1.75. The average molecular weight is 339 g/mol. The molecule has 1 amide bonds. The third-order valence-electron chi connectivity index (χ3n) is 3.48. The summed E-state index contributed by atoms with van der Waals surface area (Å²) in [6.45, 7) is 3.90. The number of aromatic nitrogens is 2. The lowest BCUT2D eigenvalue weighted by molar-refractivity contribution is 0.0863. The Morgan fingerprint density at radius 2 is 2.08 bits per heavy atom. The molecule has 0 saturated heterocycles. The maximum absolute atomic E-state index is 12.4. The molecule has 0 unspecified atom stereocenters. The number of aryl methyl sites for hydroxylation is 2. The summed E-state index contributed by atoms with van der Waals surface area (Å²) in [6, 6.07) is 12.3. The quantitative estimate of drug-likeness (QED) is 0.771. The Labute approximate surface area is 143 Å². The van der Waals surface area contributed by atoms with E-state index in [4.69, 9.17) is 9.36 Å². The first kappa shape index (κ1) is 16.5. The average Bonchev–Trinajstić information content (AvgIpc) is 2.99. The molecule has 3 rings (SSSR count). The van der Waals surface area contributed by atoms with Crippen molar-refractivity contribution in [2.45, 2.75) is 20.5 Å². The van der Waals surface area contributed by atoms with E-state index in [0.717, 1.165) is 15.9 Å². The molecule has 2 aromatic heterocycles. The molecule has 0 spiro atoms. The van der Waals surface area contributed by atoms with Crippen LogP contribution in [0.2, 0.25) is 0 Å². The standard InChI is InChI=1S/C18H17N3O4/c1-12-5-3-6-14(9-12)11-24-21-8-4-7-15(18(21)23)17(22)19-16-10-13(2)25-20-16/h3-10H,11H2,1-2H3,(H,19,20,22). The van der Waals surface area contributed by atoms with Gasteiger partial charge in [0.1, 0.15) is 17.9 Å². The van der Waals surface area contributed by atoms with Crippen molar-refractivity contribution in [1.29, 1.82) is 0 Å². The fourth-order valence-corrected chi connectivity index (χ4v) is 2.30. The van der Waals surface area contributed by atoms with E-state index in [0.29, 0.717) is 5.76 Å². The van der Waals surface area contributed by atoms with Crippen LogP contribution >= 0.6 is 0 Å². The van der Waals surface area contributed by atoms with Gasteiger partial charge in [0, 0.05) is 12.3 Å². The lowest BCUT2D eigenvalue weighted by Crippen LogP contribution is -2.32. The molecule has 1 N–H and O–H groups in total. The van der Waals surface area contributed by atoms with Crippen LogP contribution < -0.4 is 15.7 Å². The first-order valence-corrected chi connectivity index (χ1v) is 7.68. The largest absolute Gasteiger partial charge is 0.406 e. The predicted octanol–water partition coefficient (Wildman–Crippen LogP) is 2.33. The van der Waals surface area contributed by atoms with Crippen molar-refractivity contribution in [3.05, 3.63) is 81.5 Å². The fourth-order valence-electron chi connectivity index (χ4n) is 2.30. The molecule has 0 aliphatic rings. The smallest absolute Gasteiger partial charge is 0.295 e. The molecule has 0 aliphatic heterocycles. The third kappa shape index (κ3) is 3.95. The van der Waals surface area contributed by atoms with Gasteiger partial charge in [0.2, 0.25) is 0 Å². The number of hydrogen-bond acceptors (Lipinski definition) is 5. The number of carbonyl (C=O) groups is 1. The van der Waals surface area contributed by atoms with E-state index in [1.54, 1.807) is 19.1 Å². The number of amides is 1. The molecule has 0 aliphatic carbocycles. The topological polar surface area (TPSA) is 86.4 Å². The van der Waals surface area contributed by atoms with Gasteiger partial charge in [-0.2, -0.15) is 4.73 Å². The summed E-state index contributed by atoms with van der Waals surface area (Å²) in [7, 11) is 0. The molecule has 7 heteroatoms. The van der Waals surface area contributed by atoms with Gasteiger partial charge < -0.3 is 14.7 Å². The van der Waals surface area contributed by atoms with Gasteiger partial charge in [-0.05, 0) is 31.5 Å². The molecule has 3 aromatic rings. The first-order chi connectivity index (χ1) is 12.0. The number of carbonyl (C=O) groups excluding carboxylic acids is 1. The van der Waals surface area contributed by atoms with E-state index in [2.05, 4.69) is 10.5 Å². The molecule has 0 radical (unpaired) electrons. The summed E-state index contributed by atoms with van der Waals surface area (Å²) in [5.74, 6) is 0.229. The van der Waals surface area contributed by atoms with Crippen molar-refractivity contribution in [3.63, 3.8) is 0 Å². The van der Waals surface area contributed by atoms with Crippen LogP contribution in [-0.2, 0) is 6.61 Å². The van der Waals surface area contributed by atoms with E-state index >= 15 is 0 Å². The molecule has 0 saturated carbocycles. The number of nitrogens with one attached hydrogen (secondary N) is 1. The van der Waals surface area contributed by atoms with Crippen LogP contribution in [0.4, 0.5) is 5.82 Å². The summed E-state index contributed by atoms with van der Waals surface area (Å²) < 4.78 is 5.93. The van der Waals surface area contributed by atoms with Crippen LogP contribution in [0, 0.1) is 13.8 Å². The zero-order chi connectivity index (χ0) is 17.8. The minimum Gasteiger partial charge on any atom is -0.406 e. The fraction of sp³-hybridized carbons (Fsp3) is 0.167. The van der Waals surface area contributed by atoms with Crippen molar-refractivity contribution in [2.24, 2.45) is 0 Å². The molecular formula is C18H17N3O4. The highest BCUT2D eigenvalue weighted by Gasteiger charge is 2.14. The maximum atomic E-state index is 12.4. The van der Waals surface area contributed by atoms with Crippen LogP contribution in [0.15, 0.2) is 58.0 Å². The number of hydrogen-bond donors (Lipinski definition) is 1. The van der Waals surface area contributed by atoms with Gasteiger partial charge in [0.05, 0.1) is 0 Å². The number of pyridine rings is 1. The third-order valence-corrected chi connectivity index (χ3v) is 3.48. The molecule has 7 nitrogen and oxygen atoms in total. The molecule has 0 bridgehead atoms. The van der Waals surface area contributed by atoms with E-state index in [-0.39, 0.29) is 18.0 Å². The monoisotopic (exact) mass is 339 g/mol. The number of rotatable bonds is 5. The maximum Gasteiger partial charge on any atom is 0.295 e. The second-order valence-electron chi connectivity index (χ2n) is 5.59. The van der Waals surface area contributed by atoms with Gasteiger partial charge >= 0.3 is 0 Å². The highest BCUT2D eigenvalue weighted by molar-refractivity contribution is 6.03. The van der Waals surface area contributed by atoms with Gasteiger partial charge in [0.15, 0.2) is 5.82 Å². The van der Waals surface area contributed by atoms with E-state index in [9.17, 15) is 9.59 Å². The second kappa shape index (κ2) is 7.04. The van der Waals surface area contributed by atoms with Crippen molar-refractivity contribution >= 4 is 11.7 Å². The minimum atomic E-state index is -0.577. The summed E-state index contributed by atoms with van der Waals surface area (Å²) in [5, 5.41) is 6.19. The summed E-state index contributed by atoms with van der Waals surface area (Å²) >= 11 is 0. The molecule has 128 valence electrons. The van der Waals surface area contributed by atoms with Crippen molar-refractivity contribution in [2.75, 3.05) is 5.32 Å². The van der Waals surface area contributed by atoms with Crippen molar-refractivity contribution in [3.8, 4) is 0 Å². The summed E-state index contributed by atoms with van der Waals surface area (Å²) in [4.78, 5) is 30.2. The molecular weight excluding hydrogens is 322 g/mol. The lowest BCUT2D eigenvalue weighted by atomic mass is 10.1. The Morgan fingerprint density at radius 1 is 1.24 bits per heavy atom. The molecule has 0 fully saturated rings. The van der Waals surface area contributed by atoms with Crippen molar-refractivity contribution in [1.82, 2.24) is 9.89 Å². The first-order valence-electron chi connectivity index (χ1n) is 7.68.